The molecule has 0 atom stereocenters. The molecule has 0 bridgehead atoms. The van der Waals surface area contributed by atoms with E-state index in [1.54, 1.807) is 18.2 Å². The van der Waals surface area contributed by atoms with Crippen molar-refractivity contribution in [2.45, 2.75) is 32.2 Å². The molecule has 0 aromatic heterocycles. The molecule has 2 nitrogen and oxygen atoms in total. The number of halogens is 2. The second-order valence-electron chi connectivity index (χ2n) is 4.86. The molecule has 4 heteroatoms. The number of hydrogen-bond donors (Lipinski definition) is 1. The molecule has 1 saturated heterocycles. The van der Waals surface area contributed by atoms with Crippen molar-refractivity contribution in [3.63, 3.8) is 0 Å². The first-order valence-electron chi connectivity index (χ1n) is 6.63. The predicted molar refractivity (Wildman–Crippen MR) is 74.8 cm³/mol. The molecule has 0 unspecified atom stereocenters. The Kier molecular flexibility index (Phi) is 4.84. The summed E-state index contributed by atoms with van der Waals surface area (Å²) in [6.07, 6.45) is 3.32. The van der Waals surface area contributed by atoms with Crippen molar-refractivity contribution in [1.29, 1.82) is 0 Å². The third kappa shape index (κ3) is 3.36. The summed E-state index contributed by atoms with van der Waals surface area (Å²) in [6, 6.07) is 5.46. The Labute approximate surface area is 113 Å². The molecule has 1 aromatic rings. The molecule has 0 radical (unpaired) electrons. The van der Waals surface area contributed by atoms with E-state index in [0.717, 1.165) is 32.5 Å². The Morgan fingerprint density at radius 2 is 2.11 bits per heavy atom. The van der Waals surface area contributed by atoms with Crippen LogP contribution in [0.4, 0.5) is 10.1 Å². The van der Waals surface area contributed by atoms with Gasteiger partial charge in [-0.1, -0.05) is 24.6 Å². The minimum absolute atomic E-state index is 0.184. The highest BCUT2D eigenvalue weighted by molar-refractivity contribution is 6.31. The lowest BCUT2D eigenvalue weighted by molar-refractivity contribution is 0.219. The van der Waals surface area contributed by atoms with Gasteiger partial charge in [0, 0.05) is 19.1 Å². The number of likely N-dealkylation sites (tertiary alicyclic amines) is 1. The molecule has 1 heterocycles. The lowest BCUT2D eigenvalue weighted by atomic mass is 10.0. The van der Waals surface area contributed by atoms with Crippen LogP contribution in [-0.2, 0) is 0 Å². The molecule has 0 aliphatic carbocycles. The quantitative estimate of drug-likeness (QED) is 0.896. The van der Waals surface area contributed by atoms with Crippen LogP contribution < -0.4 is 5.32 Å². The SMILES string of the molecule is CCCN1CCC(Nc2cccc(Cl)c2F)CC1. The summed E-state index contributed by atoms with van der Waals surface area (Å²) in [5.74, 6) is -0.338. The first-order valence-corrected chi connectivity index (χ1v) is 7.01. The van der Waals surface area contributed by atoms with E-state index in [-0.39, 0.29) is 10.8 Å². The van der Waals surface area contributed by atoms with Crippen molar-refractivity contribution in [3.8, 4) is 0 Å². The monoisotopic (exact) mass is 270 g/mol. The second kappa shape index (κ2) is 6.39. The van der Waals surface area contributed by atoms with Gasteiger partial charge in [-0.15, -0.1) is 0 Å². The first kappa shape index (κ1) is 13.6. The number of piperidine rings is 1. The minimum atomic E-state index is -0.338. The second-order valence-corrected chi connectivity index (χ2v) is 5.27. The first-order chi connectivity index (χ1) is 8.70. The Bertz CT molecular complexity index is 389. The van der Waals surface area contributed by atoms with Gasteiger partial charge in [0.05, 0.1) is 10.7 Å². The van der Waals surface area contributed by atoms with Crippen LogP contribution in [0.5, 0.6) is 0 Å². The van der Waals surface area contributed by atoms with E-state index in [4.69, 9.17) is 11.6 Å². The van der Waals surface area contributed by atoms with Gasteiger partial charge in [0.2, 0.25) is 0 Å². The fraction of sp³-hybridized carbons (Fsp3) is 0.571. The third-order valence-corrected chi connectivity index (χ3v) is 3.73. The highest BCUT2D eigenvalue weighted by atomic mass is 35.5. The van der Waals surface area contributed by atoms with E-state index in [9.17, 15) is 4.39 Å². The maximum Gasteiger partial charge on any atom is 0.164 e. The van der Waals surface area contributed by atoms with Crippen molar-refractivity contribution in [2.75, 3.05) is 25.0 Å². The van der Waals surface area contributed by atoms with Gasteiger partial charge >= 0.3 is 0 Å². The Hall–Kier alpha value is -0.800. The fourth-order valence-corrected chi connectivity index (χ4v) is 2.63. The van der Waals surface area contributed by atoms with E-state index in [0.29, 0.717) is 11.7 Å². The molecule has 1 aromatic carbocycles. The summed E-state index contributed by atoms with van der Waals surface area (Å²) in [6.45, 7) is 5.55. The summed E-state index contributed by atoms with van der Waals surface area (Å²) in [4.78, 5) is 2.46. The van der Waals surface area contributed by atoms with Crippen LogP contribution in [0.15, 0.2) is 18.2 Å². The number of nitrogens with one attached hydrogen (secondary N) is 1. The molecule has 0 amide bonds. The number of rotatable bonds is 4. The summed E-state index contributed by atoms with van der Waals surface area (Å²) < 4.78 is 13.7. The van der Waals surface area contributed by atoms with Gasteiger partial charge in [0.1, 0.15) is 0 Å². The van der Waals surface area contributed by atoms with Crippen LogP contribution in [0.1, 0.15) is 26.2 Å². The summed E-state index contributed by atoms with van der Waals surface area (Å²) in [5, 5.41) is 3.45. The number of hydrogen-bond acceptors (Lipinski definition) is 2. The summed E-state index contributed by atoms with van der Waals surface area (Å²) >= 11 is 5.77. The highest BCUT2D eigenvalue weighted by Gasteiger charge is 2.19. The van der Waals surface area contributed by atoms with Crippen molar-refractivity contribution in [1.82, 2.24) is 4.90 Å². The van der Waals surface area contributed by atoms with Crippen molar-refractivity contribution in [2.24, 2.45) is 0 Å². The molecule has 18 heavy (non-hydrogen) atoms. The highest BCUT2D eigenvalue weighted by Crippen LogP contribution is 2.24. The summed E-state index contributed by atoms with van der Waals surface area (Å²) in [7, 11) is 0. The zero-order valence-electron chi connectivity index (χ0n) is 10.8. The van der Waals surface area contributed by atoms with Gasteiger partial charge in [0.25, 0.3) is 0 Å². The van der Waals surface area contributed by atoms with E-state index in [2.05, 4.69) is 17.1 Å². The predicted octanol–water partition coefficient (Wildman–Crippen LogP) is 3.77. The zero-order valence-corrected chi connectivity index (χ0v) is 11.5. The van der Waals surface area contributed by atoms with Crippen molar-refractivity contribution < 1.29 is 4.39 Å². The van der Waals surface area contributed by atoms with E-state index in [1.807, 2.05) is 0 Å². The molecule has 2 rings (SSSR count). The van der Waals surface area contributed by atoms with Crippen LogP contribution in [0, 0.1) is 5.82 Å². The average molecular weight is 271 g/mol. The molecule has 0 saturated carbocycles. The number of benzene rings is 1. The largest absolute Gasteiger partial charge is 0.380 e. The van der Waals surface area contributed by atoms with Crippen LogP contribution >= 0.6 is 11.6 Å². The molecular weight excluding hydrogens is 251 g/mol. The Morgan fingerprint density at radius 1 is 1.39 bits per heavy atom. The van der Waals surface area contributed by atoms with Gasteiger partial charge in [-0.25, -0.2) is 4.39 Å². The van der Waals surface area contributed by atoms with Crippen LogP contribution in [-0.4, -0.2) is 30.6 Å². The lowest BCUT2D eigenvalue weighted by Crippen LogP contribution is -2.39. The summed E-state index contributed by atoms with van der Waals surface area (Å²) in [5.41, 5.74) is 0.524. The standard InChI is InChI=1S/C14H20ClFN2/c1-2-8-18-9-6-11(7-10-18)17-13-5-3-4-12(15)14(13)16/h3-5,11,17H,2,6-10H2,1H3. The van der Waals surface area contributed by atoms with E-state index >= 15 is 0 Å². The van der Waals surface area contributed by atoms with Crippen molar-refractivity contribution >= 4 is 17.3 Å². The lowest BCUT2D eigenvalue weighted by Gasteiger charge is -2.32. The smallest absolute Gasteiger partial charge is 0.164 e. The van der Waals surface area contributed by atoms with Gasteiger partial charge in [0.15, 0.2) is 5.82 Å². The Morgan fingerprint density at radius 3 is 2.78 bits per heavy atom. The molecule has 100 valence electrons. The van der Waals surface area contributed by atoms with Crippen molar-refractivity contribution in [3.05, 3.63) is 29.0 Å². The third-order valence-electron chi connectivity index (χ3n) is 3.44. The van der Waals surface area contributed by atoms with Gasteiger partial charge in [-0.2, -0.15) is 0 Å². The maximum atomic E-state index is 13.7. The zero-order chi connectivity index (χ0) is 13.0. The topological polar surface area (TPSA) is 15.3 Å². The average Bonchev–Trinajstić information content (AvgIpc) is 2.38. The molecule has 1 N–H and O–H groups in total. The fourth-order valence-electron chi connectivity index (χ4n) is 2.45. The number of anilines is 1. The van der Waals surface area contributed by atoms with E-state index in [1.165, 1.54) is 6.42 Å². The van der Waals surface area contributed by atoms with Gasteiger partial charge in [-0.3, -0.25) is 0 Å². The van der Waals surface area contributed by atoms with Crippen LogP contribution in [0.25, 0.3) is 0 Å². The van der Waals surface area contributed by atoms with E-state index < -0.39 is 0 Å². The molecule has 0 spiro atoms. The maximum absolute atomic E-state index is 13.7. The molecule has 1 aliphatic rings. The molecular formula is C14H20ClFN2. The van der Waals surface area contributed by atoms with Crippen LogP contribution in [0.3, 0.4) is 0 Å². The van der Waals surface area contributed by atoms with Gasteiger partial charge < -0.3 is 10.2 Å². The molecule has 1 aliphatic heterocycles. The minimum Gasteiger partial charge on any atom is -0.380 e. The number of nitrogens with zero attached hydrogens (tertiary/aromatic N) is 1. The Balaban J connectivity index is 1.90. The molecule has 1 fully saturated rings. The van der Waals surface area contributed by atoms with Gasteiger partial charge in [-0.05, 0) is 37.9 Å². The van der Waals surface area contributed by atoms with Crippen LogP contribution in [0.2, 0.25) is 5.02 Å². The normalized spacial score (nSPS) is 17.9.